The lowest BCUT2D eigenvalue weighted by atomic mass is 10.1. The van der Waals surface area contributed by atoms with Crippen LogP contribution in [0.25, 0.3) is 0 Å². The van der Waals surface area contributed by atoms with Crippen LogP contribution in [0, 0.1) is 0 Å². The molecule has 3 nitrogen and oxygen atoms in total. The first kappa shape index (κ1) is 15.7. The normalized spacial score (nSPS) is 19.4. The smallest absolute Gasteiger partial charge is 0.0892 e. The van der Waals surface area contributed by atoms with E-state index in [1.54, 1.807) is 6.20 Å². The minimum absolute atomic E-state index is 0. The van der Waals surface area contributed by atoms with Gasteiger partial charge in [0.15, 0.2) is 0 Å². The molecule has 0 saturated carbocycles. The number of halogens is 2. The van der Waals surface area contributed by atoms with Crippen molar-refractivity contribution in [2.45, 2.75) is 25.6 Å². The van der Waals surface area contributed by atoms with Gasteiger partial charge < -0.3 is 10.1 Å². The molecule has 1 fully saturated rings. The Morgan fingerprint density at radius 2 is 2.25 bits per heavy atom. The van der Waals surface area contributed by atoms with Crippen molar-refractivity contribution in [1.82, 2.24) is 10.3 Å². The molecule has 0 radical (unpaired) electrons. The lowest BCUT2D eigenvalue weighted by Gasteiger charge is -2.22. The van der Waals surface area contributed by atoms with Crippen molar-refractivity contribution in [3.8, 4) is 0 Å². The van der Waals surface area contributed by atoms with Gasteiger partial charge in [-0.05, 0) is 31.5 Å². The largest absolute Gasteiger partial charge is 0.371 e. The Labute approximate surface area is 109 Å². The molecule has 1 aliphatic rings. The molecular formula is C11H18Cl2N2O. The number of hydrogen-bond donors (Lipinski definition) is 1. The van der Waals surface area contributed by atoms with Gasteiger partial charge >= 0.3 is 0 Å². The van der Waals surface area contributed by atoms with E-state index in [0.717, 1.165) is 18.8 Å². The Morgan fingerprint density at radius 3 is 2.88 bits per heavy atom. The molecule has 2 heterocycles. The Hall–Kier alpha value is -0.350. The maximum atomic E-state index is 5.74. The van der Waals surface area contributed by atoms with Gasteiger partial charge in [-0.15, -0.1) is 24.8 Å². The quantitative estimate of drug-likeness (QED) is 0.909. The zero-order valence-corrected chi connectivity index (χ0v) is 10.7. The van der Waals surface area contributed by atoms with E-state index in [2.05, 4.69) is 10.3 Å². The Kier molecular flexibility index (Phi) is 8.57. The van der Waals surface area contributed by atoms with Crippen LogP contribution in [0.4, 0.5) is 0 Å². The first-order chi connectivity index (χ1) is 6.95. The predicted octanol–water partition coefficient (Wildman–Crippen LogP) is 2.19. The van der Waals surface area contributed by atoms with E-state index >= 15 is 0 Å². The van der Waals surface area contributed by atoms with Gasteiger partial charge in [-0.3, -0.25) is 4.98 Å². The zero-order valence-electron chi connectivity index (χ0n) is 9.09. The summed E-state index contributed by atoms with van der Waals surface area (Å²) in [7, 11) is 0. The van der Waals surface area contributed by atoms with E-state index in [1.807, 2.05) is 18.2 Å². The highest BCUT2D eigenvalue weighted by atomic mass is 35.5. The van der Waals surface area contributed by atoms with Gasteiger partial charge in [-0.25, -0.2) is 0 Å². The van der Waals surface area contributed by atoms with Gasteiger partial charge in [-0.2, -0.15) is 0 Å². The second-order valence-corrected chi connectivity index (χ2v) is 3.60. The summed E-state index contributed by atoms with van der Waals surface area (Å²) in [5.41, 5.74) is 1.01. The monoisotopic (exact) mass is 264 g/mol. The van der Waals surface area contributed by atoms with Crippen molar-refractivity contribution in [3.63, 3.8) is 0 Å². The summed E-state index contributed by atoms with van der Waals surface area (Å²) in [5, 5.41) is 3.33. The number of piperidine rings is 1. The van der Waals surface area contributed by atoms with Gasteiger partial charge in [0, 0.05) is 12.7 Å². The number of nitrogens with zero attached hydrogens (tertiary/aromatic N) is 1. The molecule has 0 bridgehead atoms. The second-order valence-electron chi connectivity index (χ2n) is 3.60. The number of pyridine rings is 1. The average Bonchev–Trinajstić information content (AvgIpc) is 2.29. The number of nitrogens with one attached hydrogen (secondary N) is 1. The number of aromatic nitrogens is 1. The van der Waals surface area contributed by atoms with E-state index in [-0.39, 0.29) is 24.8 Å². The van der Waals surface area contributed by atoms with Gasteiger partial charge in [0.05, 0.1) is 18.4 Å². The lowest BCUT2D eigenvalue weighted by molar-refractivity contribution is 0.0236. The van der Waals surface area contributed by atoms with E-state index in [0.29, 0.717) is 12.7 Å². The van der Waals surface area contributed by atoms with Crippen LogP contribution in [0.1, 0.15) is 18.5 Å². The van der Waals surface area contributed by atoms with Crippen LogP contribution in [0.3, 0.4) is 0 Å². The molecule has 16 heavy (non-hydrogen) atoms. The third-order valence-corrected chi connectivity index (χ3v) is 2.44. The number of hydrogen-bond acceptors (Lipinski definition) is 3. The van der Waals surface area contributed by atoms with Crippen LogP contribution in [0.5, 0.6) is 0 Å². The van der Waals surface area contributed by atoms with Crippen LogP contribution >= 0.6 is 24.8 Å². The summed E-state index contributed by atoms with van der Waals surface area (Å²) < 4.78 is 5.74. The molecule has 0 spiro atoms. The van der Waals surface area contributed by atoms with Crippen LogP contribution < -0.4 is 5.32 Å². The van der Waals surface area contributed by atoms with Crippen molar-refractivity contribution in [1.29, 1.82) is 0 Å². The third kappa shape index (κ3) is 5.12. The molecule has 1 aliphatic heterocycles. The van der Waals surface area contributed by atoms with Crippen molar-refractivity contribution >= 4 is 24.8 Å². The molecule has 1 N–H and O–H groups in total. The van der Waals surface area contributed by atoms with Crippen LogP contribution in [0.15, 0.2) is 24.4 Å². The highest BCUT2D eigenvalue weighted by Crippen LogP contribution is 2.08. The number of ether oxygens (including phenoxy) is 1. The Balaban J connectivity index is 0.00000112. The molecule has 92 valence electrons. The Bertz CT molecular complexity index is 266. The topological polar surface area (TPSA) is 34.1 Å². The first-order valence-electron chi connectivity index (χ1n) is 5.17. The van der Waals surface area contributed by atoms with Crippen LogP contribution in [0.2, 0.25) is 0 Å². The molecule has 0 aliphatic carbocycles. The van der Waals surface area contributed by atoms with Gasteiger partial charge in [-0.1, -0.05) is 6.07 Å². The molecule has 1 atom stereocenters. The molecule has 5 heteroatoms. The van der Waals surface area contributed by atoms with E-state index < -0.39 is 0 Å². The third-order valence-electron chi connectivity index (χ3n) is 2.44. The fraction of sp³-hybridized carbons (Fsp3) is 0.545. The van der Waals surface area contributed by atoms with Crippen molar-refractivity contribution in [2.75, 3.05) is 13.1 Å². The molecule has 1 aromatic rings. The molecule has 1 aromatic heterocycles. The van der Waals surface area contributed by atoms with Crippen LogP contribution in [-0.2, 0) is 11.3 Å². The standard InChI is InChI=1S/C11H16N2O.2ClH/c1-2-7-13-10(4-1)9-14-11-5-3-6-12-8-11;;/h1-2,4,7,11-12H,3,5-6,8-9H2;2*1H. The second kappa shape index (κ2) is 8.76. The van der Waals surface area contributed by atoms with Crippen molar-refractivity contribution < 1.29 is 4.74 Å². The Morgan fingerprint density at radius 1 is 1.38 bits per heavy atom. The summed E-state index contributed by atoms with van der Waals surface area (Å²) >= 11 is 0. The SMILES string of the molecule is Cl.Cl.c1ccc(COC2CCCNC2)nc1. The van der Waals surface area contributed by atoms with E-state index in [4.69, 9.17) is 4.74 Å². The van der Waals surface area contributed by atoms with E-state index in [9.17, 15) is 0 Å². The minimum atomic E-state index is 0. The van der Waals surface area contributed by atoms with Crippen molar-refractivity contribution in [2.24, 2.45) is 0 Å². The molecule has 1 unspecified atom stereocenters. The van der Waals surface area contributed by atoms with Crippen molar-refractivity contribution in [3.05, 3.63) is 30.1 Å². The summed E-state index contributed by atoms with van der Waals surface area (Å²) in [4.78, 5) is 4.22. The summed E-state index contributed by atoms with van der Waals surface area (Å²) in [6, 6.07) is 5.91. The maximum absolute atomic E-state index is 5.74. The highest BCUT2D eigenvalue weighted by molar-refractivity contribution is 5.85. The fourth-order valence-corrected chi connectivity index (χ4v) is 1.65. The minimum Gasteiger partial charge on any atom is -0.371 e. The van der Waals surface area contributed by atoms with Gasteiger partial charge in [0.25, 0.3) is 0 Å². The predicted molar refractivity (Wildman–Crippen MR) is 69.4 cm³/mol. The number of rotatable bonds is 3. The molecule has 1 saturated heterocycles. The molecule has 0 aromatic carbocycles. The summed E-state index contributed by atoms with van der Waals surface area (Å²) in [6.07, 6.45) is 4.55. The van der Waals surface area contributed by atoms with E-state index in [1.165, 1.54) is 12.8 Å². The average molecular weight is 265 g/mol. The maximum Gasteiger partial charge on any atom is 0.0892 e. The fourth-order valence-electron chi connectivity index (χ4n) is 1.65. The van der Waals surface area contributed by atoms with Crippen LogP contribution in [-0.4, -0.2) is 24.2 Å². The summed E-state index contributed by atoms with van der Waals surface area (Å²) in [5.74, 6) is 0. The van der Waals surface area contributed by atoms with Gasteiger partial charge in [0.2, 0.25) is 0 Å². The zero-order chi connectivity index (χ0) is 9.64. The summed E-state index contributed by atoms with van der Waals surface area (Å²) in [6.45, 7) is 2.74. The highest BCUT2D eigenvalue weighted by Gasteiger charge is 2.12. The molecule has 2 rings (SSSR count). The lowest BCUT2D eigenvalue weighted by Crippen LogP contribution is -2.35. The molecular weight excluding hydrogens is 247 g/mol. The molecule has 0 amide bonds. The first-order valence-corrected chi connectivity index (χ1v) is 5.17. The van der Waals surface area contributed by atoms with Gasteiger partial charge in [0.1, 0.15) is 0 Å².